The van der Waals surface area contributed by atoms with E-state index in [-0.39, 0.29) is 11.5 Å². The number of alkyl halides is 4. The van der Waals surface area contributed by atoms with Crippen molar-refractivity contribution in [1.29, 1.82) is 0 Å². The highest BCUT2D eigenvalue weighted by atomic mass is 19.3. The number of hydrogen-bond donors (Lipinski definition) is 0. The van der Waals surface area contributed by atoms with Gasteiger partial charge in [0.2, 0.25) is 0 Å². The molecule has 0 unspecified atom stereocenters. The highest BCUT2D eigenvalue weighted by Gasteiger charge is 2.06. The quantitative estimate of drug-likeness (QED) is 0.709. The maximum atomic E-state index is 11.6. The molecular formula is C8H5F4O2. The highest BCUT2D eigenvalue weighted by Crippen LogP contribution is 2.19. The molecular weight excluding hydrogens is 204 g/mol. The predicted octanol–water partition coefficient (Wildman–Crippen LogP) is 2.69. The molecule has 0 aliphatic rings. The Morgan fingerprint density at radius 2 is 1.64 bits per heavy atom. The van der Waals surface area contributed by atoms with Crippen LogP contribution in [0.4, 0.5) is 17.6 Å². The monoisotopic (exact) mass is 209 g/mol. The van der Waals surface area contributed by atoms with Crippen LogP contribution in [0.5, 0.6) is 11.5 Å². The van der Waals surface area contributed by atoms with Crippen molar-refractivity contribution in [1.82, 2.24) is 0 Å². The lowest BCUT2D eigenvalue weighted by molar-refractivity contribution is -0.0531. The van der Waals surface area contributed by atoms with E-state index in [9.17, 15) is 17.6 Å². The summed E-state index contributed by atoms with van der Waals surface area (Å²) in [6.07, 6.45) is 0. The van der Waals surface area contributed by atoms with Crippen LogP contribution in [0.3, 0.4) is 0 Å². The topological polar surface area (TPSA) is 18.5 Å². The summed E-state index contributed by atoms with van der Waals surface area (Å²) in [5, 5.41) is 0. The predicted molar refractivity (Wildman–Crippen MR) is 38.5 cm³/mol. The van der Waals surface area contributed by atoms with Crippen molar-refractivity contribution in [2.45, 2.75) is 13.2 Å². The van der Waals surface area contributed by atoms with E-state index in [0.29, 0.717) is 0 Å². The molecule has 1 rings (SSSR count). The zero-order valence-corrected chi connectivity index (χ0v) is 6.72. The van der Waals surface area contributed by atoms with Crippen molar-refractivity contribution in [2.75, 3.05) is 0 Å². The second-order valence-corrected chi connectivity index (χ2v) is 2.15. The molecule has 0 fully saturated rings. The lowest BCUT2D eigenvalue weighted by atomic mass is 10.3. The van der Waals surface area contributed by atoms with Gasteiger partial charge in [-0.05, 0) is 18.2 Å². The smallest absolute Gasteiger partial charge is 0.387 e. The first-order chi connectivity index (χ1) is 6.58. The van der Waals surface area contributed by atoms with E-state index in [0.717, 1.165) is 18.2 Å². The molecule has 0 aliphatic heterocycles. The first-order valence-corrected chi connectivity index (χ1v) is 3.49. The van der Waals surface area contributed by atoms with Gasteiger partial charge in [-0.1, -0.05) is 0 Å². The Kier molecular flexibility index (Phi) is 3.55. The fourth-order valence-corrected chi connectivity index (χ4v) is 0.742. The Labute approximate surface area is 77.1 Å². The fraction of sp³-hybridized carbons (Fsp3) is 0.250. The van der Waals surface area contributed by atoms with E-state index in [1.807, 2.05) is 0 Å². The van der Waals surface area contributed by atoms with Gasteiger partial charge in [0, 0.05) is 6.07 Å². The first-order valence-electron chi connectivity index (χ1n) is 3.49. The van der Waals surface area contributed by atoms with Crippen molar-refractivity contribution in [3.05, 3.63) is 24.3 Å². The molecule has 0 atom stereocenters. The Hall–Kier alpha value is -1.46. The minimum atomic E-state index is -2.96. The van der Waals surface area contributed by atoms with Crippen molar-refractivity contribution in [2.24, 2.45) is 0 Å². The van der Waals surface area contributed by atoms with Crippen molar-refractivity contribution < 1.29 is 27.0 Å². The number of rotatable bonds is 4. The first kappa shape index (κ1) is 10.6. The van der Waals surface area contributed by atoms with Gasteiger partial charge in [0.15, 0.2) is 0 Å². The molecule has 77 valence electrons. The van der Waals surface area contributed by atoms with E-state index < -0.39 is 13.2 Å². The summed E-state index contributed by atoms with van der Waals surface area (Å²) < 4.78 is 54.5. The van der Waals surface area contributed by atoms with Crippen LogP contribution in [0.25, 0.3) is 0 Å². The van der Waals surface area contributed by atoms with Gasteiger partial charge in [-0.3, -0.25) is 0 Å². The molecule has 0 amide bonds. The van der Waals surface area contributed by atoms with Gasteiger partial charge in [-0.2, -0.15) is 17.6 Å². The summed E-state index contributed by atoms with van der Waals surface area (Å²) in [4.78, 5) is 0. The van der Waals surface area contributed by atoms with E-state index in [1.54, 1.807) is 0 Å². The molecule has 0 heterocycles. The van der Waals surface area contributed by atoms with Crippen molar-refractivity contribution in [3.8, 4) is 11.5 Å². The molecule has 1 radical (unpaired) electrons. The van der Waals surface area contributed by atoms with Crippen molar-refractivity contribution in [3.63, 3.8) is 0 Å². The Morgan fingerprint density at radius 3 is 2.07 bits per heavy atom. The van der Waals surface area contributed by atoms with E-state index in [4.69, 9.17) is 0 Å². The Balaban J connectivity index is 2.59. The maximum absolute atomic E-state index is 11.6. The molecule has 0 N–H and O–H groups in total. The highest BCUT2D eigenvalue weighted by molar-refractivity contribution is 5.29. The van der Waals surface area contributed by atoms with Crippen LogP contribution < -0.4 is 9.47 Å². The Bertz CT molecular complexity index is 244. The molecule has 2 nitrogen and oxygen atoms in total. The lowest BCUT2D eigenvalue weighted by Gasteiger charge is -2.06. The normalized spacial score (nSPS) is 10.7. The summed E-state index contributed by atoms with van der Waals surface area (Å²) in [6.45, 7) is -5.92. The molecule has 0 saturated heterocycles. The van der Waals surface area contributed by atoms with Crippen LogP contribution in [0, 0.1) is 6.07 Å². The molecule has 14 heavy (non-hydrogen) atoms. The van der Waals surface area contributed by atoms with E-state index in [1.165, 1.54) is 0 Å². The zero-order valence-electron chi connectivity index (χ0n) is 6.72. The van der Waals surface area contributed by atoms with Gasteiger partial charge in [-0.15, -0.1) is 0 Å². The van der Waals surface area contributed by atoms with Crippen LogP contribution in [-0.2, 0) is 0 Å². The minimum Gasteiger partial charge on any atom is -0.435 e. The van der Waals surface area contributed by atoms with Crippen LogP contribution in [0.2, 0.25) is 0 Å². The summed E-state index contributed by atoms with van der Waals surface area (Å²) in [7, 11) is 0. The van der Waals surface area contributed by atoms with Gasteiger partial charge >= 0.3 is 13.2 Å². The molecule has 0 aliphatic carbocycles. The van der Waals surface area contributed by atoms with Gasteiger partial charge in [0.05, 0.1) is 0 Å². The average molecular weight is 209 g/mol. The van der Waals surface area contributed by atoms with E-state index in [2.05, 4.69) is 15.5 Å². The molecule has 0 bridgehead atoms. The van der Waals surface area contributed by atoms with Gasteiger partial charge < -0.3 is 9.47 Å². The van der Waals surface area contributed by atoms with E-state index >= 15 is 0 Å². The molecule has 1 aromatic carbocycles. The number of ether oxygens (including phenoxy) is 2. The van der Waals surface area contributed by atoms with Gasteiger partial charge in [0.1, 0.15) is 11.5 Å². The van der Waals surface area contributed by atoms with Crippen LogP contribution in [0.15, 0.2) is 18.2 Å². The molecule has 0 spiro atoms. The van der Waals surface area contributed by atoms with Crippen molar-refractivity contribution >= 4 is 0 Å². The minimum absolute atomic E-state index is 0.165. The SMILES string of the molecule is FC(F)Oc1[c]cc(OC(F)F)cc1. The Morgan fingerprint density at radius 1 is 1.00 bits per heavy atom. The molecule has 1 aromatic rings. The molecule has 0 aromatic heterocycles. The van der Waals surface area contributed by atoms with Gasteiger partial charge in [0.25, 0.3) is 0 Å². The summed E-state index contributed by atoms with van der Waals surface area (Å²) >= 11 is 0. The second kappa shape index (κ2) is 4.69. The molecule has 6 heteroatoms. The number of halogens is 4. The third kappa shape index (κ3) is 3.51. The van der Waals surface area contributed by atoms with Crippen LogP contribution >= 0.6 is 0 Å². The van der Waals surface area contributed by atoms with Gasteiger partial charge in [-0.25, -0.2) is 0 Å². The standard InChI is InChI=1S/C8H5F4O2/c9-7(10)13-5-1-2-6(4-3-5)14-8(11)12/h1-3,7-8H. The summed E-state index contributed by atoms with van der Waals surface area (Å²) in [5.74, 6) is -0.400. The number of benzene rings is 1. The lowest BCUT2D eigenvalue weighted by Crippen LogP contribution is -2.03. The largest absolute Gasteiger partial charge is 0.435 e. The number of hydrogen-bond acceptors (Lipinski definition) is 2. The molecule has 0 saturated carbocycles. The van der Waals surface area contributed by atoms with Crippen LogP contribution in [0.1, 0.15) is 0 Å². The fourth-order valence-electron chi connectivity index (χ4n) is 0.742. The maximum Gasteiger partial charge on any atom is 0.387 e. The average Bonchev–Trinajstić information content (AvgIpc) is 2.06. The summed E-state index contributed by atoms with van der Waals surface area (Å²) in [6, 6.07) is 5.35. The second-order valence-electron chi connectivity index (χ2n) is 2.15. The van der Waals surface area contributed by atoms with Crippen LogP contribution in [-0.4, -0.2) is 13.2 Å². The summed E-state index contributed by atoms with van der Waals surface area (Å²) in [5.41, 5.74) is 0. The zero-order chi connectivity index (χ0) is 10.6. The third-order valence-corrected chi connectivity index (χ3v) is 1.20. The third-order valence-electron chi connectivity index (χ3n) is 1.20.